The molecule has 1 amide bonds. The number of fused-ring (bicyclic) bond motifs is 1. The molecule has 0 atom stereocenters. The summed E-state index contributed by atoms with van der Waals surface area (Å²) in [6.07, 6.45) is 2.31. The molecule has 1 N–H and O–H groups in total. The molecule has 0 saturated heterocycles. The quantitative estimate of drug-likeness (QED) is 0.288. The summed E-state index contributed by atoms with van der Waals surface area (Å²) < 4.78 is 5.96. The molecule has 0 heterocycles. The molecule has 162 valence electrons. The molecule has 0 bridgehead atoms. The number of hydrogen-bond acceptors (Lipinski definition) is 3. The average Bonchev–Trinajstić information content (AvgIpc) is 2.87. The van der Waals surface area contributed by atoms with Gasteiger partial charge in [0, 0.05) is 6.54 Å². The summed E-state index contributed by atoms with van der Waals surface area (Å²) in [6, 6.07) is 33.7. The van der Waals surface area contributed by atoms with Crippen molar-refractivity contribution in [2.45, 2.75) is 13.0 Å². The van der Waals surface area contributed by atoms with Crippen LogP contribution in [0.15, 0.2) is 103 Å². The first-order valence-corrected chi connectivity index (χ1v) is 10.9. The number of nitrogens with one attached hydrogen (secondary N) is 1. The van der Waals surface area contributed by atoms with E-state index in [-0.39, 0.29) is 11.5 Å². The Labute approximate surface area is 193 Å². The van der Waals surface area contributed by atoms with Crippen molar-refractivity contribution in [3.05, 3.63) is 119 Å². The maximum atomic E-state index is 12.4. The highest BCUT2D eigenvalue weighted by molar-refractivity contribution is 6.01. The summed E-state index contributed by atoms with van der Waals surface area (Å²) in [5.41, 5.74) is 3.10. The molecule has 0 unspecified atom stereocenters. The lowest BCUT2D eigenvalue weighted by molar-refractivity contribution is -0.117. The highest BCUT2D eigenvalue weighted by Crippen LogP contribution is 2.21. The fourth-order valence-electron chi connectivity index (χ4n) is 3.62. The molecule has 0 fully saturated rings. The van der Waals surface area contributed by atoms with E-state index in [1.54, 1.807) is 6.08 Å². The summed E-state index contributed by atoms with van der Waals surface area (Å²) in [6.45, 7) is 0.937. The minimum Gasteiger partial charge on any atom is -0.489 e. The SMILES string of the molecule is N#C/C(=C\c1ccc(OCc2cccc3ccccc23)cc1)C(=O)NCCc1ccccc1. The van der Waals surface area contributed by atoms with Gasteiger partial charge in [-0.15, -0.1) is 0 Å². The third kappa shape index (κ3) is 5.87. The van der Waals surface area contributed by atoms with E-state index < -0.39 is 0 Å². The molecule has 0 aliphatic rings. The Hall–Kier alpha value is -4.36. The van der Waals surface area contributed by atoms with E-state index in [9.17, 15) is 10.1 Å². The molecule has 4 heteroatoms. The van der Waals surface area contributed by atoms with Crippen LogP contribution in [0.25, 0.3) is 16.8 Å². The van der Waals surface area contributed by atoms with Crippen LogP contribution in [0.5, 0.6) is 5.75 Å². The van der Waals surface area contributed by atoms with Crippen LogP contribution >= 0.6 is 0 Å². The van der Waals surface area contributed by atoms with E-state index in [1.807, 2.05) is 78.9 Å². The first-order chi connectivity index (χ1) is 16.2. The molecule has 4 nitrogen and oxygen atoms in total. The van der Waals surface area contributed by atoms with Gasteiger partial charge in [0.25, 0.3) is 5.91 Å². The second-order valence-electron chi connectivity index (χ2n) is 7.66. The third-order valence-corrected chi connectivity index (χ3v) is 5.37. The fraction of sp³-hybridized carbons (Fsp3) is 0.103. The third-order valence-electron chi connectivity index (χ3n) is 5.37. The Bertz CT molecular complexity index is 1300. The molecular weight excluding hydrogens is 408 g/mol. The van der Waals surface area contributed by atoms with Crippen molar-refractivity contribution in [1.29, 1.82) is 5.26 Å². The van der Waals surface area contributed by atoms with Gasteiger partial charge in [-0.3, -0.25) is 4.79 Å². The van der Waals surface area contributed by atoms with Crippen LogP contribution in [-0.4, -0.2) is 12.5 Å². The minimum absolute atomic E-state index is 0.0764. The molecule has 33 heavy (non-hydrogen) atoms. The smallest absolute Gasteiger partial charge is 0.261 e. The summed E-state index contributed by atoms with van der Waals surface area (Å²) in [4.78, 5) is 12.4. The predicted octanol–water partition coefficient (Wildman–Crippen LogP) is 5.68. The van der Waals surface area contributed by atoms with Gasteiger partial charge in [-0.05, 0) is 52.1 Å². The molecule has 4 aromatic carbocycles. The highest BCUT2D eigenvalue weighted by Gasteiger charge is 2.09. The van der Waals surface area contributed by atoms with Crippen molar-refractivity contribution in [2.75, 3.05) is 6.54 Å². The van der Waals surface area contributed by atoms with Crippen LogP contribution in [0.4, 0.5) is 0 Å². The number of hydrogen-bond donors (Lipinski definition) is 1. The van der Waals surface area contributed by atoms with Gasteiger partial charge < -0.3 is 10.1 Å². The zero-order valence-electron chi connectivity index (χ0n) is 18.2. The summed E-state index contributed by atoms with van der Waals surface area (Å²) >= 11 is 0. The van der Waals surface area contributed by atoms with Crippen molar-refractivity contribution in [1.82, 2.24) is 5.32 Å². The van der Waals surface area contributed by atoms with Gasteiger partial charge in [0.05, 0.1) is 0 Å². The number of ether oxygens (including phenoxy) is 1. The Morgan fingerprint density at radius 3 is 2.39 bits per heavy atom. The van der Waals surface area contributed by atoms with Crippen LogP contribution in [0.1, 0.15) is 16.7 Å². The van der Waals surface area contributed by atoms with Crippen LogP contribution < -0.4 is 10.1 Å². The van der Waals surface area contributed by atoms with E-state index in [2.05, 4.69) is 29.6 Å². The van der Waals surface area contributed by atoms with Crippen LogP contribution in [0.2, 0.25) is 0 Å². The zero-order valence-corrected chi connectivity index (χ0v) is 18.2. The van der Waals surface area contributed by atoms with Gasteiger partial charge in [-0.2, -0.15) is 5.26 Å². The molecule has 4 aromatic rings. The van der Waals surface area contributed by atoms with Crippen LogP contribution in [0.3, 0.4) is 0 Å². The minimum atomic E-state index is -0.371. The number of carbonyl (C=O) groups is 1. The van der Waals surface area contributed by atoms with Crippen LogP contribution in [-0.2, 0) is 17.8 Å². The van der Waals surface area contributed by atoms with Gasteiger partial charge in [0.15, 0.2) is 0 Å². The molecule has 4 rings (SSSR count). The van der Waals surface area contributed by atoms with E-state index >= 15 is 0 Å². The maximum absolute atomic E-state index is 12.4. The van der Waals surface area contributed by atoms with E-state index in [4.69, 9.17) is 4.74 Å². The monoisotopic (exact) mass is 432 g/mol. The molecule has 0 saturated carbocycles. The normalized spacial score (nSPS) is 11.1. The van der Waals surface area contributed by atoms with Gasteiger partial charge in [-0.1, -0.05) is 84.9 Å². The lowest BCUT2D eigenvalue weighted by Crippen LogP contribution is -2.26. The molecular formula is C29H24N2O2. The number of carbonyl (C=O) groups excluding carboxylic acids is 1. The predicted molar refractivity (Wildman–Crippen MR) is 131 cm³/mol. The second kappa shape index (κ2) is 10.8. The summed E-state index contributed by atoms with van der Waals surface area (Å²) in [5.74, 6) is 0.357. The van der Waals surface area contributed by atoms with Crippen LogP contribution in [0, 0.1) is 11.3 Å². The van der Waals surface area contributed by atoms with E-state index in [0.717, 1.165) is 22.4 Å². The van der Waals surface area contributed by atoms with Crippen molar-refractivity contribution < 1.29 is 9.53 Å². The highest BCUT2D eigenvalue weighted by atomic mass is 16.5. The lowest BCUT2D eigenvalue weighted by Gasteiger charge is -2.09. The van der Waals surface area contributed by atoms with Gasteiger partial charge in [0.2, 0.25) is 0 Å². The summed E-state index contributed by atoms with van der Waals surface area (Å²) in [7, 11) is 0. The van der Waals surface area contributed by atoms with Gasteiger partial charge in [0.1, 0.15) is 24.0 Å². The van der Waals surface area contributed by atoms with Gasteiger partial charge >= 0.3 is 0 Å². The topological polar surface area (TPSA) is 62.1 Å². The van der Waals surface area contributed by atoms with Crippen molar-refractivity contribution >= 4 is 22.8 Å². The lowest BCUT2D eigenvalue weighted by atomic mass is 10.1. The molecule has 0 spiro atoms. The van der Waals surface area contributed by atoms with Crippen molar-refractivity contribution in [2.24, 2.45) is 0 Å². The van der Waals surface area contributed by atoms with Gasteiger partial charge in [-0.25, -0.2) is 0 Å². The Morgan fingerprint density at radius 2 is 1.61 bits per heavy atom. The largest absolute Gasteiger partial charge is 0.489 e. The number of nitrogens with zero attached hydrogens (tertiary/aromatic N) is 1. The average molecular weight is 433 g/mol. The van der Waals surface area contributed by atoms with Crippen molar-refractivity contribution in [3.8, 4) is 11.8 Å². The Kier molecular flexibility index (Phi) is 7.15. The molecule has 0 radical (unpaired) electrons. The standard InChI is InChI=1S/C29H24N2O2/c30-20-26(29(32)31-18-17-22-7-2-1-3-8-22)19-23-13-15-27(16-14-23)33-21-25-11-6-10-24-9-4-5-12-28(24)25/h1-16,19H,17-18,21H2,(H,31,32)/b26-19+. The first-order valence-electron chi connectivity index (χ1n) is 10.9. The fourth-order valence-corrected chi connectivity index (χ4v) is 3.62. The number of amides is 1. The number of nitriles is 1. The number of benzene rings is 4. The Balaban J connectivity index is 1.35. The first kappa shape index (κ1) is 21.9. The van der Waals surface area contributed by atoms with E-state index in [0.29, 0.717) is 19.6 Å². The zero-order chi connectivity index (χ0) is 22.9. The van der Waals surface area contributed by atoms with Crippen molar-refractivity contribution in [3.63, 3.8) is 0 Å². The van der Waals surface area contributed by atoms with E-state index in [1.165, 1.54) is 10.8 Å². The maximum Gasteiger partial charge on any atom is 0.261 e. The number of rotatable bonds is 8. The molecule has 0 aromatic heterocycles. The Morgan fingerprint density at radius 1 is 0.879 bits per heavy atom. The second-order valence-corrected chi connectivity index (χ2v) is 7.66. The summed E-state index contributed by atoms with van der Waals surface area (Å²) in [5, 5.41) is 14.6. The molecule has 0 aliphatic heterocycles. The molecule has 0 aliphatic carbocycles.